The number of nitrogens with zero attached hydrogens (tertiary/aromatic N) is 1. The largest absolute Gasteiger partial charge is 0.507 e. The first-order valence-corrected chi connectivity index (χ1v) is 9.10. The predicted molar refractivity (Wildman–Crippen MR) is 104 cm³/mol. The molecule has 1 aromatic heterocycles. The molecule has 28 heavy (non-hydrogen) atoms. The molecule has 138 valence electrons. The number of benzene rings is 3. The first kappa shape index (κ1) is 18.1. The van der Waals surface area contributed by atoms with Crippen molar-refractivity contribution in [2.45, 2.75) is 6.18 Å². The third-order valence-corrected chi connectivity index (χ3v) is 5.15. The Kier molecular flexibility index (Phi) is 4.54. The maximum atomic E-state index is 12.6. The van der Waals surface area contributed by atoms with Crippen LogP contribution in [0.2, 0.25) is 0 Å². The molecule has 0 amide bonds. The molecule has 2 nitrogen and oxygen atoms in total. The molecule has 0 saturated carbocycles. The average molecular weight is 395 g/mol. The zero-order chi connectivity index (χ0) is 19.7. The highest BCUT2D eigenvalue weighted by Gasteiger charge is 2.29. The lowest BCUT2D eigenvalue weighted by atomic mass is 10.1. The second-order valence-corrected chi connectivity index (χ2v) is 7.07. The number of rotatable bonds is 1. The fourth-order valence-electron chi connectivity index (χ4n) is 2.66. The van der Waals surface area contributed by atoms with Crippen molar-refractivity contribution in [3.05, 3.63) is 83.4 Å². The standard InChI is InChI=1S/C22H12F3NOS/c23-22(24,25)16-10-7-14(8-11-16)5-6-15-9-12-19(27)17(13-15)21-26-18-3-1-2-4-20(18)28-21/h1-4,7-13,27H. The Labute approximate surface area is 162 Å². The number of hydrogen-bond donors (Lipinski definition) is 1. The number of para-hydroxylation sites is 1. The second-order valence-electron chi connectivity index (χ2n) is 6.04. The molecule has 1 heterocycles. The van der Waals surface area contributed by atoms with E-state index >= 15 is 0 Å². The molecule has 6 heteroatoms. The van der Waals surface area contributed by atoms with Crippen LogP contribution in [0.1, 0.15) is 16.7 Å². The molecule has 0 aliphatic rings. The maximum absolute atomic E-state index is 12.6. The van der Waals surface area contributed by atoms with Crippen molar-refractivity contribution in [2.24, 2.45) is 0 Å². The van der Waals surface area contributed by atoms with Crippen molar-refractivity contribution in [3.63, 3.8) is 0 Å². The van der Waals surface area contributed by atoms with Gasteiger partial charge in [0.1, 0.15) is 10.8 Å². The van der Waals surface area contributed by atoms with Crippen molar-refractivity contribution in [1.82, 2.24) is 4.98 Å². The van der Waals surface area contributed by atoms with Crippen LogP contribution < -0.4 is 0 Å². The summed E-state index contributed by atoms with van der Waals surface area (Å²) in [7, 11) is 0. The number of fused-ring (bicyclic) bond motifs is 1. The minimum absolute atomic E-state index is 0.0964. The quantitative estimate of drug-likeness (QED) is 0.396. The first-order chi connectivity index (χ1) is 13.4. The molecule has 4 aromatic rings. The van der Waals surface area contributed by atoms with E-state index < -0.39 is 11.7 Å². The van der Waals surface area contributed by atoms with Gasteiger partial charge in [0.05, 0.1) is 21.3 Å². The summed E-state index contributed by atoms with van der Waals surface area (Å²) in [6.07, 6.45) is -4.37. The Balaban J connectivity index is 1.65. The van der Waals surface area contributed by atoms with Crippen molar-refractivity contribution in [3.8, 4) is 28.2 Å². The van der Waals surface area contributed by atoms with Crippen LogP contribution in [0.4, 0.5) is 13.2 Å². The maximum Gasteiger partial charge on any atom is 0.416 e. The highest BCUT2D eigenvalue weighted by Crippen LogP contribution is 2.35. The molecule has 0 fully saturated rings. The van der Waals surface area contributed by atoms with Gasteiger partial charge in [-0.1, -0.05) is 24.0 Å². The van der Waals surface area contributed by atoms with E-state index in [4.69, 9.17) is 0 Å². The van der Waals surface area contributed by atoms with Crippen LogP contribution in [0, 0.1) is 11.8 Å². The Hall–Kier alpha value is -3.30. The highest BCUT2D eigenvalue weighted by atomic mass is 32.1. The number of hydrogen-bond acceptors (Lipinski definition) is 3. The Morgan fingerprint density at radius 3 is 2.25 bits per heavy atom. The van der Waals surface area contributed by atoms with E-state index in [1.165, 1.54) is 29.5 Å². The molecular formula is C22H12F3NOS. The lowest BCUT2D eigenvalue weighted by molar-refractivity contribution is -0.137. The van der Waals surface area contributed by atoms with Gasteiger partial charge in [0.2, 0.25) is 0 Å². The summed E-state index contributed by atoms with van der Waals surface area (Å²) in [6.45, 7) is 0. The van der Waals surface area contributed by atoms with Gasteiger partial charge in [-0.05, 0) is 54.6 Å². The summed E-state index contributed by atoms with van der Waals surface area (Å²) in [5, 5.41) is 10.9. The van der Waals surface area contributed by atoms with Crippen molar-refractivity contribution >= 4 is 21.6 Å². The number of phenolic OH excluding ortho intramolecular Hbond substituents is 1. The average Bonchev–Trinajstić information content (AvgIpc) is 3.11. The summed E-state index contributed by atoms with van der Waals surface area (Å²) in [5.74, 6) is 5.87. The number of phenols is 1. The van der Waals surface area contributed by atoms with Gasteiger partial charge in [0, 0.05) is 11.1 Å². The van der Waals surface area contributed by atoms with E-state index in [0.29, 0.717) is 21.7 Å². The molecule has 0 bridgehead atoms. The monoisotopic (exact) mass is 395 g/mol. The third kappa shape index (κ3) is 3.71. The van der Waals surface area contributed by atoms with Crippen LogP contribution in [-0.4, -0.2) is 10.1 Å². The number of thiazole rings is 1. The van der Waals surface area contributed by atoms with Gasteiger partial charge in [-0.3, -0.25) is 0 Å². The Morgan fingerprint density at radius 2 is 1.54 bits per heavy atom. The molecule has 4 rings (SSSR count). The smallest absolute Gasteiger partial charge is 0.416 e. The van der Waals surface area contributed by atoms with Crippen LogP contribution in [0.3, 0.4) is 0 Å². The number of aromatic nitrogens is 1. The van der Waals surface area contributed by atoms with E-state index in [1.807, 2.05) is 24.3 Å². The highest BCUT2D eigenvalue weighted by molar-refractivity contribution is 7.21. The van der Waals surface area contributed by atoms with E-state index in [-0.39, 0.29) is 5.75 Å². The lowest BCUT2D eigenvalue weighted by Gasteiger charge is -2.05. The third-order valence-electron chi connectivity index (χ3n) is 4.08. The van der Waals surface area contributed by atoms with E-state index in [1.54, 1.807) is 12.1 Å². The second kappa shape index (κ2) is 7.02. The Bertz CT molecular complexity index is 1180. The van der Waals surface area contributed by atoms with Crippen molar-refractivity contribution in [1.29, 1.82) is 0 Å². The molecule has 0 saturated heterocycles. The summed E-state index contributed by atoms with van der Waals surface area (Å²) in [5.41, 5.74) is 1.82. The van der Waals surface area contributed by atoms with Crippen LogP contribution in [-0.2, 0) is 6.18 Å². The van der Waals surface area contributed by atoms with Crippen LogP contribution in [0.5, 0.6) is 5.75 Å². The van der Waals surface area contributed by atoms with Gasteiger partial charge < -0.3 is 5.11 Å². The van der Waals surface area contributed by atoms with E-state index in [0.717, 1.165) is 22.3 Å². The van der Waals surface area contributed by atoms with Gasteiger partial charge in [-0.2, -0.15) is 13.2 Å². The van der Waals surface area contributed by atoms with Crippen LogP contribution in [0.15, 0.2) is 66.7 Å². The normalized spacial score (nSPS) is 11.2. The Morgan fingerprint density at radius 1 is 0.857 bits per heavy atom. The minimum atomic E-state index is -4.37. The van der Waals surface area contributed by atoms with E-state index in [2.05, 4.69) is 16.8 Å². The molecular weight excluding hydrogens is 383 g/mol. The number of alkyl halides is 3. The van der Waals surface area contributed by atoms with Gasteiger partial charge in [0.15, 0.2) is 0 Å². The molecule has 0 radical (unpaired) electrons. The molecule has 0 unspecified atom stereocenters. The fourth-order valence-corrected chi connectivity index (χ4v) is 3.65. The van der Waals surface area contributed by atoms with Gasteiger partial charge in [0.25, 0.3) is 0 Å². The van der Waals surface area contributed by atoms with Crippen LogP contribution >= 0.6 is 11.3 Å². The molecule has 0 aliphatic carbocycles. The van der Waals surface area contributed by atoms with Crippen LogP contribution in [0.25, 0.3) is 20.8 Å². The van der Waals surface area contributed by atoms with Crippen molar-refractivity contribution < 1.29 is 18.3 Å². The van der Waals surface area contributed by atoms with Gasteiger partial charge in [-0.15, -0.1) is 11.3 Å². The minimum Gasteiger partial charge on any atom is -0.507 e. The molecule has 0 spiro atoms. The van der Waals surface area contributed by atoms with E-state index in [9.17, 15) is 18.3 Å². The zero-order valence-corrected chi connectivity index (χ0v) is 15.1. The molecule has 0 aliphatic heterocycles. The first-order valence-electron chi connectivity index (χ1n) is 8.28. The zero-order valence-electron chi connectivity index (χ0n) is 14.3. The fraction of sp³-hybridized carbons (Fsp3) is 0.0455. The SMILES string of the molecule is Oc1ccc(C#Cc2ccc(C(F)(F)F)cc2)cc1-c1nc2ccccc2s1. The summed E-state index contributed by atoms with van der Waals surface area (Å²) in [4.78, 5) is 4.54. The topological polar surface area (TPSA) is 33.1 Å². The van der Waals surface area contributed by atoms with Crippen molar-refractivity contribution in [2.75, 3.05) is 0 Å². The molecule has 1 N–H and O–H groups in total. The lowest BCUT2D eigenvalue weighted by Crippen LogP contribution is -2.04. The number of halogens is 3. The van der Waals surface area contributed by atoms with Gasteiger partial charge in [-0.25, -0.2) is 4.98 Å². The summed E-state index contributed by atoms with van der Waals surface area (Å²) < 4.78 is 38.9. The molecule has 3 aromatic carbocycles. The number of aromatic hydroxyl groups is 1. The molecule has 0 atom stereocenters. The predicted octanol–water partition coefficient (Wildman–Crippen LogP) is 6.09. The summed E-state index contributed by atoms with van der Waals surface area (Å²) in [6, 6.07) is 17.3. The van der Waals surface area contributed by atoms with Gasteiger partial charge >= 0.3 is 6.18 Å². The summed E-state index contributed by atoms with van der Waals surface area (Å²) >= 11 is 1.47.